The molecule has 2 aromatic rings. The van der Waals surface area contributed by atoms with Crippen LogP contribution in [-0.2, 0) is 21.4 Å². The first-order valence-corrected chi connectivity index (χ1v) is 10.8. The third-order valence-electron chi connectivity index (χ3n) is 6.72. The second kappa shape index (κ2) is 7.27. The first-order chi connectivity index (χ1) is 14.5. The summed E-state index contributed by atoms with van der Waals surface area (Å²) in [5, 5.41) is 0. The van der Waals surface area contributed by atoms with Gasteiger partial charge in [0.05, 0.1) is 32.1 Å². The zero-order chi connectivity index (χ0) is 20.9. The molecule has 0 atom stereocenters. The van der Waals surface area contributed by atoms with Crippen LogP contribution in [0.5, 0.6) is 5.75 Å². The van der Waals surface area contributed by atoms with Gasteiger partial charge in [0, 0.05) is 29.3 Å². The lowest BCUT2D eigenvalue weighted by Gasteiger charge is -2.49. The molecule has 3 heterocycles. The summed E-state index contributed by atoms with van der Waals surface area (Å²) >= 11 is 0. The zero-order valence-corrected chi connectivity index (χ0v) is 17.5. The van der Waals surface area contributed by atoms with E-state index in [1.165, 1.54) is 5.56 Å². The standard InChI is InChI=1S/C24H27NO5/c1-3-29-23(27)19-11-25-20(9-21(19)26)18-7-15(2)22(30-14-16-12-28-13-16)8-17(18)10-24(25)5-4-6-24/h7-9,11,16H,3-6,10,12-14H2,1-2H3. The molecule has 2 aliphatic heterocycles. The monoisotopic (exact) mass is 409 g/mol. The number of fused-ring (bicyclic) bond motifs is 4. The van der Waals surface area contributed by atoms with Crippen LogP contribution < -0.4 is 10.2 Å². The van der Waals surface area contributed by atoms with E-state index in [2.05, 4.69) is 16.7 Å². The number of hydrogen-bond donors (Lipinski definition) is 0. The van der Waals surface area contributed by atoms with E-state index in [1.54, 1.807) is 19.2 Å². The van der Waals surface area contributed by atoms with E-state index in [-0.39, 0.29) is 23.1 Å². The predicted molar refractivity (Wildman–Crippen MR) is 112 cm³/mol. The minimum atomic E-state index is -0.544. The molecule has 1 aromatic heterocycles. The van der Waals surface area contributed by atoms with Crippen molar-refractivity contribution in [1.29, 1.82) is 0 Å². The SMILES string of the molecule is CCOC(=O)c1cn2c(cc1=O)-c1cc(C)c(OCC3COC3)cc1CC21CCC1. The Kier molecular flexibility index (Phi) is 4.69. The minimum Gasteiger partial charge on any atom is -0.493 e. The Morgan fingerprint density at radius 2 is 2.07 bits per heavy atom. The Morgan fingerprint density at radius 1 is 1.27 bits per heavy atom. The number of carbonyl (C=O) groups is 1. The molecule has 1 aromatic carbocycles. The summed E-state index contributed by atoms with van der Waals surface area (Å²) < 4.78 is 18.6. The van der Waals surface area contributed by atoms with Gasteiger partial charge in [0.25, 0.3) is 0 Å². The summed E-state index contributed by atoms with van der Waals surface area (Å²) in [4.78, 5) is 25.1. The fourth-order valence-corrected chi connectivity index (χ4v) is 4.80. The van der Waals surface area contributed by atoms with Gasteiger partial charge in [-0.25, -0.2) is 4.79 Å². The summed E-state index contributed by atoms with van der Waals surface area (Å²) in [6.45, 7) is 6.25. The van der Waals surface area contributed by atoms with Crippen molar-refractivity contribution in [3.63, 3.8) is 0 Å². The molecule has 158 valence electrons. The van der Waals surface area contributed by atoms with Crippen LogP contribution in [0.4, 0.5) is 0 Å². The molecule has 5 rings (SSSR count). The number of aryl methyl sites for hydroxylation is 1. The van der Waals surface area contributed by atoms with Crippen LogP contribution in [0.25, 0.3) is 11.3 Å². The number of esters is 1. The van der Waals surface area contributed by atoms with E-state index in [9.17, 15) is 9.59 Å². The van der Waals surface area contributed by atoms with E-state index in [1.807, 2.05) is 6.92 Å². The number of benzene rings is 1. The van der Waals surface area contributed by atoms with Crippen LogP contribution >= 0.6 is 0 Å². The molecule has 3 aliphatic rings. The average Bonchev–Trinajstić information content (AvgIpc) is 2.65. The van der Waals surface area contributed by atoms with Crippen LogP contribution in [0.1, 0.15) is 47.7 Å². The van der Waals surface area contributed by atoms with Crippen LogP contribution in [-0.4, -0.2) is 37.0 Å². The van der Waals surface area contributed by atoms with Gasteiger partial charge in [0.1, 0.15) is 11.3 Å². The summed E-state index contributed by atoms with van der Waals surface area (Å²) in [5.41, 5.74) is 3.95. The van der Waals surface area contributed by atoms with Gasteiger partial charge in [0.2, 0.25) is 0 Å². The number of rotatable bonds is 5. The van der Waals surface area contributed by atoms with Gasteiger partial charge in [-0.3, -0.25) is 4.79 Å². The molecule has 0 bridgehead atoms. The number of hydrogen-bond acceptors (Lipinski definition) is 5. The second-order valence-corrected chi connectivity index (χ2v) is 8.77. The summed E-state index contributed by atoms with van der Waals surface area (Å²) in [6, 6.07) is 5.87. The highest BCUT2D eigenvalue weighted by Crippen LogP contribution is 2.49. The smallest absolute Gasteiger partial charge is 0.343 e. The molecule has 1 spiro atoms. The number of aromatic nitrogens is 1. The number of nitrogens with zero attached hydrogens (tertiary/aromatic N) is 1. The van der Waals surface area contributed by atoms with E-state index in [0.717, 1.165) is 61.5 Å². The Bertz CT molecular complexity index is 1060. The largest absolute Gasteiger partial charge is 0.493 e. The van der Waals surface area contributed by atoms with Crippen molar-refractivity contribution in [2.24, 2.45) is 5.92 Å². The molecule has 0 unspecified atom stereocenters. The van der Waals surface area contributed by atoms with Crippen molar-refractivity contribution < 1.29 is 19.0 Å². The Morgan fingerprint density at radius 3 is 2.70 bits per heavy atom. The van der Waals surface area contributed by atoms with Crippen LogP contribution in [0.3, 0.4) is 0 Å². The fraction of sp³-hybridized carbons (Fsp3) is 0.500. The van der Waals surface area contributed by atoms with Gasteiger partial charge in [0.15, 0.2) is 5.43 Å². The molecular formula is C24H27NO5. The second-order valence-electron chi connectivity index (χ2n) is 8.77. The highest BCUT2D eigenvalue weighted by Gasteiger charge is 2.43. The molecule has 0 amide bonds. The first-order valence-electron chi connectivity index (χ1n) is 10.8. The van der Waals surface area contributed by atoms with Gasteiger partial charge in [-0.2, -0.15) is 0 Å². The van der Waals surface area contributed by atoms with Crippen LogP contribution in [0.15, 0.2) is 29.2 Å². The number of pyridine rings is 1. The Hall–Kier alpha value is -2.60. The summed E-state index contributed by atoms with van der Waals surface area (Å²) in [7, 11) is 0. The maximum absolute atomic E-state index is 12.8. The van der Waals surface area contributed by atoms with E-state index >= 15 is 0 Å². The molecule has 0 N–H and O–H groups in total. The molecule has 1 aliphatic carbocycles. The van der Waals surface area contributed by atoms with E-state index in [4.69, 9.17) is 14.2 Å². The van der Waals surface area contributed by atoms with Crippen LogP contribution in [0.2, 0.25) is 0 Å². The van der Waals surface area contributed by atoms with Crippen molar-refractivity contribution >= 4 is 5.97 Å². The van der Waals surface area contributed by atoms with Gasteiger partial charge >= 0.3 is 5.97 Å². The topological polar surface area (TPSA) is 66.8 Å². The van der Waals surface area contributed by atoms with Gasteiger partial charge in [-0.1, -0.05) is 0 Å². The van der Waals surface area contributed by atoms with Gasteiger partial charge in [-0.15, -0.1) is 0 Å². The molecule has 2 fully saturated rings. The summed E-state index contributed by atoms with van der Waals surface area (Å²) in [5.74, 6) is 0.839. The van der Waals surface area contributed by atoms with Crippen LogP contribution in [0, 0.1) is 12.8 Å². The Balaban J connectivity index is 1.57. The average molecular weight is 409 g/mol. The minimum absolute atomic E-state index is 0.0778. The Labute approximate surface area is 175 Å². The highest BCUT2D eigenvalue weighted by atomic mass is 16.5. The van der Waals surface area contributed by atoms with Crippen molar-refractivity contribution in [1.82, 2.24) is 4.57 Å². The molecule has 0 radical (unpaired) electrons. The summed E-state index contributed by atoms with van der Waals surface area (Å²) in [6.07, 6.45) is 5.83. The van der Waals surface area contributed by atoms with E-state index < -0.39 is 5.97 Å². The molecular weight excluding hydrogens is 382 g/mol. The number of ether oxygens (including phenoxy) is 3. The van der Waals surface area contributed by atoms with Crippen molar-refractivity contribution in [3.05, 3.63) is 51.3 Å². The van der Waals surface area contributed by atoms with Crippen molar-refractivity contribution in [3.8, 4) is 17.0 Å². The normalized spacial score (nSPS) is 18.7. The molecule has 1 saturated carbocycles. The zero-order valence-electron chi connectivity index (χ0n) is 17.5. The quantitative estimate of drug-likeness (QED) is 0.708. The maximum atomic E-state index is 12.8. The van der Waals surface area contributed by atoms with Gasteiger partial charge in [-0.05, 0) is 62.8 Å². The molecule has 1 saturated heterocycles. The molecule has 6 nitrogen and oxygen atoms in total. The third kappa shape index (κ3) is 3.05. The van der Waals surface area contributed by atoms with Gasteiger partial charge < -0.3 is 18.8 Å². The lowest BCUT2D eigenvalue weighted by atomic mass is 9.69. The maximum Gasteiger partial charge on any atom is 0.343 e. The lowest BCUT2D eigenvalue weighted by molar-refractivity contribution is -0.0509. The van der Waals surface area contributed by atoms with Crippen molar-refractivity contribution in [2.45, 2.75) is 45.1 Å². The number of carbonyl (C=O) groups excluding carboxylic acids is 1. The lowest BCUT2D eigenvalue weighted by Crippen LogP contribution is -2.46. The molecule has 6 heteroatoms. The van der Waals surface area contributed by atoms with Crippen molar-refractivity contribution in [2.75, 3.05) is 26.4 Å². The first kappa shape index (κ1) is 19.4. The third-order valence-corrected chi connectivity index (χ3v) is 6.72. The highest BCUT2D eigenvalue weighted by molar-refractivity contribution is 5.89. The predicted octanol–water partition coefficient (Wildman–Crippen LogP) is 3.46. The van der Waals surface area contributed by atoms with E-state index in [0.29, 0.717) is 12.5 Å². The fourth-order valence-electron chi connectivity index (χ4n) is 4.80. The molecule has 30 heavy (non-hydrogen) atoms.